The van der Waals surface area contributed by atoms with Gasteiger partial charge >= 0.3 is 5.97 Å². The third-order valence-corrected chi connectivity index (χ3v) is 5.53. The summed E-state index contributed by atoms with van der Waals surface area (Å²) in [4.78, 5) is 20.0. The summed E-state index contributed by atoms with van der Waals surface area (Å²) in [6.45, 7) is 3.22. The van der Waals surface area contributed by atoms with Gasteiger partial charge in [0.25, 0.3) is 0 Å². The molecular formula is C18H23N3O2S. The predicted molar refractivity (Wildman–Crippen MR) is 96.5 cm³/mol. The van der Waals surface area contributed by atoms with Gasteiger partial charge in [0.2, 0.25) is 0 Å². The van der Waals surface area contributed by atoms with E-state index < -0.39 is 5.97 Å². The Balaban J connectivity index is 1.69. The molecule has 1 aliphatic rings. The number of aromatic carboxylic acids is 1. The van der Waals surface area contributed by atoms with Gasteiger partial charge in [0.1, 0.15) is 5.01 Å². The molecule has 0 unspecified atom stereocenters. The number of piperidine rings is 1. The van der Waals surface area contributed by atoms with E-state index in [2.05, 4.69) is 41.0 Å². The highest BCUT2D eigenvalue weighted by Crippen LogP contribution is 2.25. The lowest BCUT2D eigenvalue weighted by atomic mass is 10.0. The molecule has 0 spiro atoms. The normalized spacial score (nSPS) is 16.6. The van der Waals surface area contributed by atoms with Crippen LogP contribution in [0.15, 0.2) is 29.6 Å². The van der Waals surface area contributed by atoms with Crippen molar-refractivity contribution in [3.8, 4) is 10.6 Å². The highest BCUT2D eigenvalue weighted by Gasteiger charge is 2.20. The molecule has 128 valence electrons. The smallest absolute Gasteiger partial charge is 0.355 e. The van der Waals surface area contributed by atoms with Crippen LogP contribution >= 0.6 is 11.3 Å². The Labute approximate surface area is 146 Å². The first-order chi connectivity index (χ1) is 11.5. The highest BCUT2D eigenvalue weighted by molar-refractivity contribution is 7.13. The fourth-order valence-corrected chi connectivity index (χ4v) is 3.95. The maximum Gasteiger partial charge on any atom is 0.355 e. The van der Waals surface area contributed by atoms with Crippen molar-refractivity contribution < 1.29 is 9.90 Å². The molecule has 1 aromatic heterocycles. The number of rotatable bonds is 5. The molecule has 2 heterocycles. The van der Waals surface area contributed by atoms with Gasteiger partial charge in [0, 0.05) is 23.5 Å². The number of hydrogen-bond donors (Lipinski definition) is 1. The second kappa shape index (κ2) is 7.42. The van der Waals surface area contributed by atoms with Crippen LogP contribution in [-0.4, -0.2) is 59.1 Å². The Kier molecular flexibility index (Phi) is 5.28. The molecule has 1 saturated heterocycles. The summed E-state index contributed by atoms with van der Waals surface area (Å²) in [6, 6.07) is 8.89. The van der Waals surface area contributed by atoms with Crippen LogP contribution in [0.4, 0.5) is 0 Å². The number of aromatic nitrogens is 1. The number of hydrogen-bond acceptors (Lipinski definition) is 5. The van der Waals surface area contributed by atoms with Crippen LogP contribution in [0, 0.1) is 0 Å². The number of thiazole rings is 1. The molecule has 1 aliphatic heterocycles. The van der Waals surface area contributed by atoms with Crippen molar-refractivity contribution in [2.45, 2.75) is 25.4 Å². The Morgan fingerprint density at radius 3 is 2.83 bits per heavy atom. The standard InChI is InChI=1S/C18H23N3O2S/c1-20-8-6-15(7-9-20)21(2)11-13-4-3-5-14(10-13)17-19-16(12-24-17)18(22)23/h3-5,10,12,15H,6-9,11H2,1-2H3,(H,22,23). The summed E-state index contributed by atoms with van der Waals surface area (Å²) < 4.78 is 0. The average Bonchev–Trinajstić information content (AvgIpc) is 3.06. The number of carbonyl (C=O) groups is 1. The van der Waals surface area contributed by atoms with Crippen molar-refractivity contribution in [2.75, 3.05) is 27.2 Å². The SMILES string of the molecule is CN1CCC(N(C)Cc2cccc(-c3nc(C(=O)O)cs3)c2)CC1. The molecule has 3 rings (SSSR count). The first kappa shape index (κ1) is 17.1. The van der Waals surface area contributed by atoms with E-state index in [9.17, 15) is 4.79 Å². The number of nitrogens with zero attached hydrogens (tertiary/aromatic N) is 3. The highest BCUT2D eigenvalue weighted by atomic mass is 32.1. The number of carboxylic acids is 1. The lowest BCUT2D eigenvalue weighted by Gasteiger charge is -2.35. The zero-order valence-electron chi connectivity index (χ0n) is 14.1. The third-order valence-electron chi connectivity index (χ3n) is 4.64. The molecule has 0 atom stereocenters. The molecule has 1 fully saturated rings. The summed E-state index contributed by atoms with van der Waals surface area (Å²) >= 11 is 1.38. The first-order valence-electron chi connectivity index (χ1n) is 8.20. The molecule has 2 aromatic rings. The van der Waals surface area contributed by atoms with E-state index in [1.54, 1.807) is 5.38 Å². The molecule has 0 bridgehead atoms. The van der Waals surface area contributed by atoms with Gasteiger partial charge < -0.3 is 10.0 Å². The van der Waals surface area contributed by atoms with Crippen LogP contribution in [0.1, 0.15) is 28.9 Å². The molecule has 24 heavy (non-hydrogen) atoms. The van der Waals surface area contributed by atoms with Gasteiger partial charge in [-0.25, -0.2) is 9.78 Å². The number of benzene rings is 1. The lowest BCUT2D eigenvalue weighted by molar-refractivity contribution is 0.0691. The van der Waals surface area contributed by atoms with E-state index in [4.69, 9.17) is 5.11 Å². The maximum absolute atomic E-state index is 11.0. The fraction of sp³-hybridized carbons (Fsp3) is 0.444. The molecule has 6 heteroatoms. The van der Waals surface area contributed by atoms with E-state index in [0.29, 0.717) is 6.04 Å². The molecule has 1 N–H and O–H groups in total. The summed E-state index contributed by atoms with van der Waals surface area (Å²) in [5, 5.41) is 11.4. The van der Waals surface area contributed by atoms with Crippen LogP contribution in [0.3, 0.4) is 0 Å². The van der Waals surface area contributed by atoms with Crippen LogP contribution in [-0.2, 0) is 6.54 Å². The van der Waals surface area contributed by atoms with Gasteiger partial charge in [-0.1, -0.05) is 18.2 Å². The minimum absolute atomic E-state index is 0.115. The maximum atomic E-state index is 11.0. The fourth-order valence-electron chi connectivity index (χ4n) is 3.16. The van der Waals surface area contributed by atoms with E-state index in [1.807, 2.05) is 12.1 Å². The molecule has 1 aromatic carbocycles. The van der Waals surface area contributed by atoms with Gasteiger partial charge in [-0.3, -0.25) is 4.90 Å². The van der Waals surface area contributed by atoms with Crippen molar-refractivity contribution in [2.24, 2.45) is 0 Å². The van der Waals surface area contributed by atoms with Gasteiger partial charge in [-0.05, 0) is 51.7 Å². The van der Waals surface area contributed by atoms with Crippen LogP contribution in [0.25, 0.3) is 10.6 Å². The third kappa shape index (κ3) is 4.01. The van der Waals surface area contributed by atoms with Gasteiger partial charge in [-0.15, -0.1) is 11.3 Å². The Hall–Kier alpha value is -1.76. The monoisotopic (exact) mass is 345 g/mol. The van der Waals surface area contributed by atoms with Gasteiger partial charge in [0.05, 0.1) is 0 Å². The summed E-state index contributed by atoms with van der Waals surface area (Å²) in [5.41, 5.74) is 2.34. The minimum Gasteiger partial charge on any atom is -0.476 e. The quantitative estimate of drug-likeness (QED) is 0.903. The number of likely N-dealkylation sites (tertiary alicyclic amines) is 1. The van der Waals surface area contributed by atoms with Crippen LogP contribution in [0.2, 0.25) is 0 Å². The van der Waals surface area contributed by atoms with E-state index >= 15 is 0 Å². The second-order valence-electron chi connectivity index (χ2n) is 6.49. The van der Waals surface area contributed by atoms with E-state index in [1.165, 1.54) is 29.7 Å². The Morgan fingerprint density at radius 1 is 1.42 bits per heavy atom. The summed E-state index contributed by atoms with van der Waals surface area (Å²) in [7, 11) is 4.37. The predicted octanol–water partition coefficient (Wildman–Crippen LogP) is 3.03. The van der Waals surface area contributed by atoms with E-state index in [0.717, 1.165) is 30.2 Å². The summed E-state index contributed by atoms with van der Waals surface area (Å²) in [6.07, 6.45) is 2.42. The largest absolute Gasteiger partial charge is 0.476 e. The zero-order valence-corrected chi connectivity index (χ0v) is 14.9. The van der Waals surface area contributed by atoms with Crippen molar-refractivity contribution in [1.82, 2.24) is 14.8 Å². The summed E-state index contributed by atoms with van der Waals surface area (Å²) in [5.74, 6) is -0.976. The lowest BCUT2D eigenvalue weighted by Crippen LogP contribution is -2.41. The van der Waals surface area contributed by atoms with E-state index in [-0.39, 0.29) is 5.69 Å². The zero-order chi connectivity index (χ0) is 17.1. The number of carboxylic acid groups (broad SMARTS) is 1. The van der Waals surface area contributed by atoms with Gasteiger partial charge in [0.15, 0.2) is 5.69 Å². The Morgan fingerprint density at radius 2 is 2.17 bits per heavy atom. The molecule has 0 radical (unpaired) electrons. The van der Waals surface area contributed by atoms with Crippen molar-refractivity contribution in [3.63, 3.8) is 0 Å². The first-order valence-corrected chi connectivity index (χ1v) is 9.08. The van der Waals surface area contributed by atoms with Crippen LogP contribution in [0.5, 0.6) is 0 Å². The second-order valence-corrected chi connectivity index (χ2v) is 7.35. The van der Waals surface area contributed by atoms with Crippen molar-refractivity contribution in [1.29, 1.82) is 0 Å². The molecule has 5 nitrogen and oxygen atoms in total. The van der Waals surface area contributed by atoms with Crippen LogP contribution < -0.4 is 0 Å². The average molecular weight is 345 g/mol. The van der Waals surface area contributed by atoms with Gasteiger partial charge in [-0.2, -0.15) is 0 Å². The molecule has 0 aliphatic carbocycles. The van der Waals surface area contributed by atoms with Crippen molar-refractivity contribution >= 4 is 17.3 Å². The minimum atomic E-state index is -0.976. The topological polar surface area (TPSA) is 56.7 Å². The van der Waals surface area contributed by atoms with Crippen molar-refractivity contribution in [3.05, 3.63) is 40.9 Å². The molecule has 0 saturated carbocycles. The molecule has 0 amide bonds. The Bertz CT molecular complexity index is 708. The molecular weight excluding hydrogens is 322 g/mol.